The van der Waals surface area contributed by atoms with Gasteiger partial charge in [0.15, 0.2) is 0 Å². The van der Waals surface area contributed by atoms with Gasteiger partial charge in [0.05, 0.1) is 6.10 Å². The summed E-state index contributed by atoms with van der Waals surface area (Å²) in [5, 5.41) is 10.6. The predicted octanol–water partition coefficient (Wildman–Crippen LogP) is 3.39. The quantitative estimate of drug-likeness (QED) is 0.929. The number of aliphatic hydroxyl groups excluding tert-OH is 1. The summed E-state index contributed by atoms with van der Waals surface area (Å²) in [6, 6.07) is 9.93. The zero-order valence-electron chi connectivity index (χ0n) is 13.7. The highest BCUT2D eigenvalue weighted by Crippen LogP contribution is 2.49. The first-order valence-corrected chi connectivity index (χ1v) is 9.24. The van der Waals surface area contributed by atoms with Crippen molar-refractivity contribution in [1.29, 1.82) is 0 Å². The van der Waals surface area contributed by atoms with Crippen LogP contribution < -0.4 is 0 Å². The van der Waals surface area contributed by atoms with Crippen LogP contribution in [-0.4, -0.2) is 29.0 Å². The number of benzene rings is 1. The molecule has 2 saturated carbocycles. The molecule has 2 aliphatic carbocycles. The van der Waals surface area contributed by atoms with Crippen molar-refractivity contribution in [2.24, 2.45) is 23.7 Å². The summed E-state index contributed by atoms with van der Waals surface area (Å²) in [5.74, 6) is 2.49. The Hall–Kier alpha value is -1.35. The second-order valence-electron chi connectivity index (χ2n) is 7.80. The fraction of sp³-hybridized carbons (Fsp3) is 0.650. The van der Waals surface area contributed by atoms with E-state index in [2.05, 4.69) is 4.90 Å². The second kappa shape index (κ2) is 6.27. The minimum atomic E-state index is -0.393. The third-order valence-electron chi connectivity index (χ3n) is 6.49. The Morgan fingerprint density at radius 2 is 1.78 bits per heavy atom. The first-order valence-electron chi connectivity index (χ1n) is 9.24. The summed E-state index contributed by atoms with van der Waals surface area (Å²) in [6.45, 7) is 1.64. The lowest BCUT2D eigenvalue weighted by Crippen LogP contribution is -2.43. The van der Waals surface area contributed by atoms with E-state index >= 15 is 0 Å². The van der Waals surface area contributed by atoms with Crippen LogP contribution in [0.5, 0.6) is 0 Å². The zero-order chi connectivity index (χ0) is 15.8. The van der Waals surface area contributed by atoms with Gasteiger partial charge < -0.3 is 10.0 Å². The highest BCUT2D eigenvalue weighted by Gasteiger charge is 2.44. The van der Waals surface area contributed by atoms with E-state index in [9.17, 15) is 9.90 Å². The number of hydrogen-bond acceptors (Lipinski definition) is 2. The molecule has 23 heavy (non-hydrogen) atoms. The molecule has 3 heteroatoms. The first-order chi connectivity index (χ1) is 11.2. The van der Waals surface area contributed by atoms with Crippen LogP contribution in [0.2, 0.25) is 0 Å². The van der Waals surface area contributed by atoms with E-state index < -0.39 is 6.10 Å². The Labute approximate surface area is 138 Å². The van der Waals surface area contributed by atoms with Crippen molar-refractivity contribution in [2.45, 2.75) is 44.6 Å². The lowest BCUT2D eigenvalue weighted by Gasteiger charge is -2.37. The van der Waals surface area contributed by atoms with Crippen molar-refractivity contribution in [3.63, 3.8) is 0 Å². The highest BCUT2D eigenvalue weighted by atomic mass is 16.3. The fourth-order valence-corrected chi connectivity index (χ4v) is 5.14. The summed E-state index contributed by atoms with van der Waals surface area (Å²) in [7, 11) is 0. The van der Waals surface area contributed by atoms with Gasteiger partial charge in [-0.05, 0) is 55.4 Å². The molecule has 4 atom stereocenters. The van der Waals surface area contributed by atoms with E-state index in [0.717, 1.165) is 43.8 Å². The number of carbonyl (C=O) groups excluding carboxylic acids is 1. The average molecular weight is 313 g/mol. The fourth-order valence-electron chi connectivity index (χ4n) is 5.14. The predicted molar refractivity (Wildman–Crippen MR) is 89.6 cm³/mol. The van der Waals surface area contributed by atoms with Crippen LogP contribution >= 0.6 is 0 Å². The van der Waals surface area contributed by atoms with Crippen molar-refractivity contribution in [3.05, 3.63) is 35.9 Å². The van der Waals surface area contributed by atoms with Gasteiger partial charge in [-0.15, -0.1) is 0 Å². The maximum Gasteiger partial charge on any atom is 0.225 e. The molecule has 124 valence electrons. The smallest absolute Gasteiger partial charge is 0.225 e. The second-order valence-corrected chi connectivity index (χ2v) is 7.80. The SMILES string of the molecule is O=C([C@H]1C[C@H]2CC[C@H]1C2)N1CCC([C@H](O)c2ccccc2)CC1. The minimum absolute atomic E-state index is 0.279. The summed E-state index contributed by atoms with van der Waals surface area (Å²) >= 11 is 0. The molecule has 0 aromatic heterocycles. The Balaban J connectivity index is 1.33. The molecule has 1 aliphatic heterocycles. The number of amides is 1. The molecule has 3 aliphatic rings. The number of carbonyl (C=O) groups is 1. The molecular formula is C20H27NO2. The van der Waals surface area contributed by atoms with Crippen LogP contribution in [0, 0.1) is 23.7 Å². The number of nitrogens with zero attached hydrogens (tertiary/aromatic N) is 1. The Morgan fingerprint density at radius 3 is 2.39 bits per heavy atom. The average Bonchev–Trinajstić information content (AvgIpc) is 3.25. The highest BCUT2D eigenvalue weighted by molar-refractivity contribution is 5.79. The molecule has 4 rings (SSSR count). The third kappa shape index (κ3) is 2.91. The van der Waals surface area contributed by atoms with Gasteiger partial charge in [0, 0.05) is 19.0 Å². The van der Waals surface area contributed by atoms with Crippen molar-refractivity contribution in [3.8, 4) is 0 Å². The number of rotatable bonds is 3. The first kappa shape index (κ1) is 15.2. The Kier molecular flexibility index (Phi) is 4.14. The minimum Gasteiger partial charge on any atom is -0.388 e. The molecule has 0 unspecified atom stereocenters. The normalized spacial score (nSPS) is 32.2. The molecular weight excluding hydrogens is 286 g/mol. The number of piperidine rings is 1. The van der Waals surface area contributed by atoms with E-state index in [0.29, 0.717) is 17.7 Å². The summed E-state index contributed by atoms with van der Waals surface area (Å²) < 4.78 is 0. The van der Waals surface area contributed by atoms with E-state index in [1.807, 2.05) is 30.3 Å². The van der Waals surface area contributed by atoms with Crippen molar-refractivity contribution >= 4 is 5.91 Å². The van der Waals surface area contributed by atoms with Crippen LogP contribution in [0.1, 0.15) is 50.2 Å². The summed E-state index contributed by atoms with van der Waals surface area (Å²) in [6.07, 6.45) is 6.49. The zero-order valence-corrected chi connectivity index (χ0v) is 13.7. The maximum absolute atomic E-state index is 12.8. The van der Waals surface area contributed by atoms with Crippen molar-refractivity contribution < 1.29 is 9.90 Å². The van der Waals surface area contributed by atoms with Crippen LogP contribution in [-0.2, 0) is 4.79 Å². The number of fused-ring (bicyclic) bond motifs is 2. The number of hydrogen-bond donors (Lipinski definition) is 1. The van der Waals surface area contributed by atoms with Gasteiger partial charge in [-0.3, -0.25) is 4.79 Å². The molecule has 1 N–H and O–H groups in total. The number of likely N-dealkylation sites (tertiary alicyclic amines) is 1. The van der Waals surface area contributed by atoms with E-state index in [1.165, 1.54) is 19.3 Å². The largest absolute Gasteiger partial charge is 0.388 e. The van der Waals surface area contributed by atoms with Crippen LogP contribution in [0.4, 0.5) is 0 Å². The van der Waals surface area contributed by atoms with Gasteiger partial charge in [-0.1, -0.05) is 36.8 Å². The monoisotopic (exact) mass is 313 g/mol. The molecule has 1 amide bonds. The standard InChI is InChI=1S/C20H27NO2/c22-19(15-4-2-1-3-5-15)16-8-10-21(11-9-16)20(23)18-13-14-6-7-17(18)12-14/h1-5,14,16-19,22H,6-13H2/t14-,17-,18-,19+/m0/s1. The molecule has 0 radical (unpaired) electrons. The number of aliphatic hydroxyl groups is 1. The molecule has 3 fully saturated rings. The van der Waals surface area contributed by atoms with Crippen molar-refractivity contribution in [1.82, 2.24) is 4.90 Å². The Bertz CT molecular complexity index is 550. The lowest BCUT2D eigenvalue weighted by molar-refractivity contribution is -0.139. The van der Waals surface area contributed by atoms with Gasteiger partial charge >= 0.3 is 0 Å². The third-order valence-corrected chi connectivity index (χ3v) is 6.49. The van der Waals surface area contributed by atoms with Gasteiger partial charge in [0.1, 0.15) is 0 Å². The summed E-state index contributed by atoms with van der Waals surface area (Å²) in [5.41, 5.74) is 1.00. The molecule has 1 heterocycles. The van der Waals surface area contributed by atoms with E-state index in [-0.39, 0.29) is 5.92 Å². The van der Waals surface area contributed by atoms with E-state index in [4.69, 9.17) is 0 Å². The molecule has 1 saturated heterocycles. The van der Waals surface area contributed by atoms with Gasteiger partial charge in [-0.2, -0.15) is 0 Å². The summed E-state index contributed by atoms with van der Waals surface area (Å²) in [4.78, 5) is 14.9. The van der Waals surface area contributed by atoms with Gasteiger partial charge in [0.25, 0.3) is 0 Å². The Morgan fingerprint density at radius 1 is 1.04 bits per heavy atom. The maximum atomic E-state index is 12.8. The molecule has 1 aromatic carbocycles. The van der Waals surface area contributed by atoms with Crippen LogP contribution in [0.15, 0.2) is 30.3 Å². The molecule has 0 spiro atoms. The van der Waals surface area contributed by atoms with Gasteiger partial charge in [0.2, 0.25) is 5.91 Å². The van der Waals surface area contributed by atoms with E-state index in [1.54, 1.807) is 0 Å². The van der Waals surface area contributed by atoms with Crippen LogP contribution in [0.25, 0.3) is 0 Å². The van der Waals surface area contributed by atoms with Crippen LogP contribution in [0.3, 0.4) is 0 Å². The molecule has 2 bridgehead atoms. The topological polar surface area (TPSA) is 40.5 Å². The molecule has 3 nitrogen and oxygen atoms in total. The van der Waals surface area contributed by atoms with Gasteiger partial charge in [-0.25, -0.2) is 0 Å². The lowest BCUT2D eigenvalue weighted by atomic mass is 9.85. The molecule has 1 aromatic rings. The van der Waals surface area contributed by atoms with Crippen molar-refractivity contribution in [2.75, 3.05) is 13.1 Å².